The van der Waals surface area contributed by atoms with E-state index in [0.29, 0.717) is 0 Å². The fourth-order valence-electron chi connectivity index (χ4n) is 1.01. The van der Waals surface area contributed by atoms with Gasteiger partial charge in [0.15, 0.2) is 0 Å². The van der Waals surface area contributed by atoms with Crippen molar-refractivity contribution in [3.05, 3.63) is 35.2 Å². The number of fused-ring (bicyclic) bond motifs is 1. The van der Waals surface area contributed by atoms with E-state index >= 15 is 0 Å². The third-order valence-electron chi connectivity index (χ3n) is 1.51. The van der Waals surface area contributed by atoms with Gasteiger partial charge in [-0.2, -0.15) is 0 Å². The zero-order valence-electron chi connectivity index (χ0n) is 5.28. The summed E-state index contributed by atoms with van der Waals surface area (Å²) in [6.07, 6.45) is 2.18. The Morgan fingerprint density at radius 1 is 1.20 bits per heavy atom. The molecule has 2 rings (SSSR count). The van der Waals surface area contributed by atoms with Crippen LogP contribution in [0.3, 0.4) is 0 Å². The first-order chi connectivity index (χ1) is 4.88. The summed E-state index contributed by atoms with van der Waals surface area (Å²) in [5.41, 5.74) is 1.37. The van der Waals surface area contributed by atoms with E-state index < -0.39 is 0 Å². The van der Waals surface area contributed by atoms with Crippen LogP contribution in [0.25, 0.3) is 6.08 Å². The molecule has 0 spiro atoms. The maximum absolute atomic E-state index is 3.14. The third kappa shape index (κ3) is 0.929. The van der Waals surface area contributed by atoms with Gasteiger partial charge < -0.3 is 0 Å². The monoisotopic (exact) mass is 214 g/mol. The van der Waals surface area contributed by atoms with Crippen LogP contribution >= 0.6 is 8.82 Å². The molecule has 1 aromatic rings. The van der Waals surface area contributed by atoms with Gasteiger partial charge in [-0.3, -0.25) is 0 Å². The van der Waals surface area contributed by atoms with Gasteiger partial charge in [0.05, 0.1) is 0 Å². The van der Waals surface area contributed by atoms with Crippen molar-refractivity contribution in [2.75, 3.05) is 0 Å². The molecule has 0 fully saturated rings. The molecule has 1 heterocycles. The Balaban J connectivity index is 2.70. The van der Waals surface area contributed by atoms with Gasteiger partial charge in [0.25, 0.3) is 0 Å². The fraction of sp³-hybridized carbons (Fsp3) is 0. The normalized spacial score (nSPS) is 21.0. The van der Waals surface area contributed by atoms with Crippen molar-refractivity contribution in [3.8, 4) is 0 Å². The molecule has 1 aliphatic heterocycles. The van der Waals surface area contributed by atoms with Crippen LogP contribution in [-0.2, 0) is 0 Å². The van der Waals surface area contributed by atoms with Gasteiger partial charge in [0, 0.05) is 0 Å². The summed E-state index contributed by atoms with van der Waals surface area (Å²) < 4.78 is 0. The van der Waals surface area contributed by atoms with Crippen molar-refractivity contribution in [2.24, 2.45) is 0 Å². The second-order valence-electron chi connectivity index (χ2n) is 2.14. The second-order valence-corrected chi connectivity index (χ2v) is 5.71. The maximum atomic E-state index is 3.14. The van der Waals surface area contributed by atoms with E-state index in [2.05, 4.69) is 50.1 Å². The van der Waals surface area contributed by atoms with Crippen LogP contribution in [0.5, 0.6) is 0 Å². The van der Waals surface area contributed by atoms with Gasteiger partial charge in [-0.15, -0.1) is 0 Å². The van der Waals surface area contributed by atoms with Gasteiger partial charge in [-0.1, -0.05) is 0 Å². The van der Waals surface area contributed by atoms with Crippen LogP contribution in [0.1, 0.15) is 5.56 Å². The Bertz CT molecular complexity index is 315. The molecule has 1 aromatic carbocycles. The first kappa shape index (κ1) is 6.53. The molecular formula is C8H6SSe. The van der Waals surface area contributed by atoms with Crippen LogP contribution in [-0.4, -0.2) is 14.4 Å². The summed E-state index contributed by atoms with van der Waals surface area (Å²) in [4.78, 5) is 1.43. The van der Waals surface area contributed by atoms with Crippen LogP contribution in [0.15, 0.2) is 34.6 Å². The van der Waals surface area contributed by atoms with E-state index in [1.54, 1.807) is 0 Å². The van der Waals surface area contributed by atoms with E-state index in [9.17, 15) is 0 Å². The molecule has 0 aliphatic carbocycles. The Kier molecular flexibility index (Phi) is 1.61. The van der Waals surface area contributed by atoms with Crippen molar-refractivity contribution in [1.82, 2.24) is 0 Å². The zero-order valence-corrected chi connectivity index (χ0v) is 7.81. The van der Waals surface area contributed by atoms with Crippen molar-refractivity contribution in [1.29, 1.82) is 0 Å². The molecule has 10 heavy (non-hydrogen) atoms. The number of hydrogen-bond acceptors (Lipinski definition) is 0. The van der Waals surface area contributed by atoms with Gasteiger partial charge in [-0.25, -0.2) is 0 Å². The molecule has 0 amide bonds. The standard InChI is InChI=1S/C8H6SSe/c10-9-6-5-7-3-1-2-4-8(7)9/h1-6H. The molecule has 0 aromatic heterocycles. The third-order valence-corrected chi connectivity index (χ3v) is 4.53. The summed E-state index contributed by atoms with van der Waals surface area (Å²) in [5.74, 6) is 0. The van der Waals surface area contributed by atoms with Crippen LogP contribution in [0, 0.1) is 0 Å². The van der Waals surface area contributed by atoms with Gasteiger partial charge in [-0.05, 0) is 0 Å². The van der Waals surface area contributed by atoms with E-state index in [4.69, 9.17) is 0 Å². The van der Waals surface area contributed by atoms with Crippen LogP contribution in [0.4, 0.5) is 0 Å². The molecule has 1 unspecified atom stereocenters. The molecule has 1 atom stereocenters. The van der Waals surface area contributed by atoms with Crippen molar-refractivity contribution >= 4 is 29.3 Å². The number of benzene rings is 1. The quantitative estimate of drug-likeness (QED) is 0.580. The molecule has 0 N–H and O–H groups in total. The fourth-order valence-corrected chi connectivity index (χ4v) is 3.31. The van der Waals surface area contributed by atoms with E-state index in [1.165, 1.54) is 10.5 Å². The molecule has 1 aliphatic rings. The molecule has 2 heteroatoms. The zero-order chi connectivity index (χ0) is 6.97. The average Bonchev–Trinajstić information content (AvgIpc) is 2.34. The summed E-state index contributed by atoms with van der Waals surface area (Å²) in [7, 11) is 0.247. The van der Waals surface area contributed by atoms with Crippen LogP contribution in [0.2, 0.25) is 0 Å². The predicted octanol–water partition coefficient (Wildman–Crippen LogP) is 2.38. The van der Waals surface area contributed by atoms with E-state index in [1.807, 2.05) is 0 Å². The molecular weight excluding hydrogens is 207 g/mol. The Hall–Kier alpha value is -0.171. The Morgan fingerprint density at radius 2 is 2.00 bits per heavy atom. The Morgan fingerprint density at radius 3 is 2.80 bits per heavy atom. The van der Waals surface area contributed by atoms with E-state index in [-0.39, 0.29) is 8.82 Å². The van der Waals surface area contributed by atoms with Gasteiger partial charge >= 0.3 is 69.4 Å². The number of rotatable bonds is 0. The summed E-state index contributed by atoms with van der Waals surface area (Å²) in [6.45, 7) is 0. The molecule has 0 nitrogen and oxygen atoms in total. The molecule has 50 valence electrons. The van der Waals surface area contributed by atoms with E-state index in [0.717, 1.165) is 0 Å². The summed E-state index contributed by atoms with van der Waals surface area (Å²) in [5, 5.41) is 2.21. The molecule has 0 bridgehead atoms. The SMILES string of the molecule is [Se]=S1C=Cc2ccccc21. The minimum atomic E-state index is 0.247. The average molecular weight is 213 g/mol. The summed E-state index contributed by atoms with van der Waals surface area (Å²) >= 11 is 3.14. The first-order valence-electron chi connectivity index (χ1n) is 3.06. The van der Waals surface area contributed by atoms with Crippen molar-refractivity contribution in [2.45, 2.75) is 4.90 Å². The number of hydrogen-bond donors (Lipinski definition) is 0. The first-order valence-corrected chi connectivity index (χ1v) is 6.37. The van der Waals surface area contributed by atoms with Crippen LogP contribution < -0.4 is 0 Å². The van der Waals surface area contributed by atoms with Crippen molar-refractivity contribution < 1.29 is 0 Å². The topological polar surface area (TPSA) is 0 Å². The van der Waals surface area contributed by atoms with Gasteiger partial charge in [0.2, 0.25) is 0 Å². The molecule has 0 saturated heterocycles. The second kappa shape index (κ2) is 2.46. The predicted molar refractivity (Wildman–Crippen MR) is 47.1 cm³/mol. The van der Waals surface area contributed by atoms with Gasteiger partial charge in [0.1, 0.15) is 0 Å². The molecule has 0 saturated carbocycles. The Labute approximate surface area is 69.6 Å². The molecule has 0 radical (unpaired) electrons. The minimum absolute atomic E-state index is 0.247. The van der Waals surface area contributed by atoms with Crippen molar-refractivity contribution in [3.63, 3.8) is 0 Å². The summed E-state index contributed by atoms with van der Waals surface area (Å²) in [6, 6.07) is 8.49.